The third-order valence-electron chi connectivity index (χ3n) is 2.54. The van der Waals surface area contributed by atoms with Gasteiger partial charge in [0.1, 0.15) is 5.75 Å². The minimum absolute atomic E-state index is 0.0159. The molecule has 0 aromatic heterocycles. The summed E-state index contributed by atoms with van der Waals surface area (Å²) in [5.41, 5.74) is 0.445. The van der Waals surface area contributed by atoms with Crippen LogP contribution in [0.15, 0.2) is 24.3 Å². The number of amides is 2. The SMILES string of the molecule is O=C(NCCCF)NCC(O)c1ccc(OC(F)F)cc1. The molecule has 0 radical (unpaired) electrons. The molecule has 0 aliphatic heterocycles. The highest BCUT2D eigenvalue weighted by Gasteiger charge is 2.10. The number of halogens is 3. The van der Waals surface area contributed by atoms with E-state index < -0.39 is 25.4 Å². The molecule has 1 atom stereocenters. The van der Waals surface area contributed by atoms with Crippen LogP contribution in [-0.2, 0) is 0 Å². The van der Waals surface area contributed by atoms with Crippen molar-refractivity contribution in [3.05, 3.63) is 29.8 Å². The van der Waals surface area contributed by atoms with E-state index in [2.05, 4.69) is 15.4 Å². The van der Waals surface area contributed by atoms with Crippen LogP contribution >= 0.6 is 0 Å². The zero-order valence-corrected chi connectivity index (χ0v) is 11.2. The molecule has 8 heteroatoms. The molecule has 0 aliphatic rings. The van der Waals surface area contributed by atoms with E-state index in [1.165, 1.54) is 24.3 Å². The van der Waals surface area contributed by atoms with Crippen LogP contribution in [0.2, 0.25) is 0 Å². The molecule has 118 valence electrons. The largest absolute Gasteiger partial charge is 0.435 e. The first-order valence-electron chi connectivity index (χ1n) is 6.33. The van der Waals surface area contributed by atoms with Crippen molar-refractivity contribution in [2.45, 2.75) is 19.1 Å². The third-order valence-corrected chi connectivity index (χ3v) is 2.54. The fourth-order valence-corrected chi connectivity index (χ4v) is 1.51. The number of benzene rings is 1. The van der Waals surface area contributed by atoms with Crippen molar-refractivity contribution < 1.29 is 27.8 Å². The van der Waals surface area contributed by atoms with Crippen molar-refractivity contribution in [3.63, 3.8) is 0 Å². The lowest BCUT2D eigenvalue weighted by molar-refractivity contribution is -0.0498. The molecule has 0 saturated heterocycles. The summed E-state index contributed by atoms with van der Waals surface area (Å²) in [6.07, 6.45) is -0.765. The maximum Gasteiger partial charge on any atom is 0.387 e. The Kier molecular flexibility index (Phi) is 7.38. The van der Waals surface area contributed by atoms with Crippen LogP contribution < -0.4 is 15.4 Å². The van der Waals surface area contributed by atoms with E-state index in [0.29, 0.717) is 5.56 Å². The molecule has 3 N–H and O–H groups in total. The smallest absolute Gasteiger partial charge is 0.387 e. The molecule has 1 aromatic carbocycles. The van der Waals surface area contributed by atoms with Crippen molar-refractivity contribution in [2.24, 2.45) is 0 Å². The van der Waals surface area contributed by atoms with Gasteiger partial charge in [0.05, 0.1) is 12.8 Å². The standard InChI is InChI=1S/C13H17F3N2O3/c14-6-1-7-17-13(20)18-8-11(19)9-2-4-10(5-3-9)21-12(15)16/h2-5,11-12,19H,1,6-8H2,(H2,17,18,20). The van der Waals surface area contributed by atoms with Gasteiger partial charge in [0.2, 0.25) is 0 Å². The van der Waals surface area contributed by atoms with Gasteiger partial charge in [0.25, 0.3) is 0 Å². The summed E-state index contributed by atoms with van der Waals surface area (Å²) in [5.74, 6) is -0.0159. The van der Waals surface area contributed by atoms with Crippen LogP contribution in [0.5, 0.6) is 5.75 Å². The van der Waals surface area contributed by atoms with Gasteiger partial charge in [-0.15, -0.1) is 0 Å². The average molecular weight is 306 g/mol. The maximum absolute atomic E-state index is 12.0. The second-order valence-electron chi connectivity index (χ2n) is 4.14. The number of carbonyl (C=O) groups is 1. The van der Waals surface area contributed by atoms with Gasteiger partial charge in [-0.25, -0.2) is 4.79 Å². The molecule has 0 spiro atoms. The first kappa shape index (κ1) is 17.1. The Bertz CT molecular complexity index is 429. The van der Waals surface area contributed by atoms with Crippen molar-refractivity contribution in [2.75, 3.05) is 19.8 Å². The Labute approximate surface area is 120 Å². The van der Waals surface area contributed by atoms with E-state index in [9.17, 15) is 23.1 Å². The molecule has 0 aliphatic carbocycles. The summed E-state index contributed by atoms with van der Waals surface area (Å²) in [4.78, 5) is 11.3. The highest BCUT2D eigenvalue weighted by molar-refractivity contribution is 5.73. The number of hydrogen-bond acceptors (Lipinski definition) is 3. The van der Waals surface area contributed by atoms with Crippen LogP contribution in [0, 0.1) is 0 Å². The van der Waals surface area contributed by atoms with Crippen molar-refractivity contribution >= 4 is 6.03 Å². The normalized spacial score (nSPS) is 12.0. The predicted octanol–water partition coefficient (Wildman–Crippen LogP) is 1.98. The molecule has 0 saturated carbocycles. The second-order valence-corrected chi connectivity index (χ2v) is 4.14. The van der Waals surface area contributed by atoms with E-state index in [-0.39, 0.29) is 25.3 Å². The lowest BCUT2D eigenvalue weighted by Crippen LogP contribution is -2.38. The first-order valence-corrected chi connectivity index (χ1v) is 6.33. The van der Waals surface area contributed by atoms with Gasteiger partial charge in [-0.3, -0.25) is 4.39 Å². The summed E-state index contributed by atoms with van der Waals surface area (Å²) in [6, 6.07) is 4.92. The van der Waals surface area contributed by atoms with Crippen molar-refractivity contribution in [1.82, 2.24) is 10.6 Å². The Morgan fingerprint density at radius 1 is 1.24 bits per heavy atom. The number of ether oxygens (including phenoxy) is 1. The fraction of sp³-hybridized carbons (Fsp3) is 0.462. The molecular weight excluding hydrogens is 289 g/mol. The summed E-state index contributed by atoms with van der Waals surface area (Å²) in [7, 11) is 0. The summed E-state index contributed by atoms with van der Waals surface area (Å²) < 4.78 is 39.9. The van der Waals surface area contributed by atoms with Crippen LogP contribution in [0.25, 0.3) is 0 Å². The monoisotopic (exact) mass is 306 g/mol. The van der Waals surface area contributed by atoms with Crippen molar-refractivity contribution in [3.8, 4) is 5.75 Å². The van der Waals surface area contributed by atoms with Gasteiger partial charge >= 0.3 is 12.6 Å². The molecule has 0 bridgehead atoms. The molecular formula is C13H17F3N2O3. The number of aliphatic hydroxyl groups is 1. The third kappa shape index (κ3) is 6.84. The quantitative estimate of drug-likeness (QED) is 0.643. The molecule has 1 aromatic rings. The van der Waals surface area contributed by atoms with Gasteiger partial charge < -0.3 is 20.5 Å². The van der Waals surface area contributed by atoms with E-state index in [0.717, 1.165) is 0 Å². The molecule has 1 rings (SSSR count). The Balaban J connectivity index is 2.37. The first-order chi connectivity index (χ1) is 10.0. The minimum Gasteiger partial charge on any atom is -0.435 e. The highest BCUT2D eigenvalue weighted by Crippen LogP contribution is 2.18. The molecule has 5 nitrogen and oxygen atoms in total. The van der Waals surface area contributed by atoms with E-state index in [1.54, 1.807) is 0 Å². The Morgan fingerprint density at radius 2 is 1.90 bits per heavy atom. The summed E-state index contributed by atoms with van der Waals surface area (Å²) in [6.45, 7) is -3.28. The van der Waals surface area contributed by atoms with E-state index >= 15 is 0 Å². The number of alkyl halides is 3. The molecule has 0 heterocycles. The van der Waals surface area contributed by atoms with Crippen LogP contribution in [0.4, 0.5) is 18.0 Å². The van der Waals surface area contributed by atoms with E-state index in [1.807, 2.05) is 0 Å². The number of hydrogen-bond donors (Lipinski definition) is 3. The van der Waals surface area contributed by atoms with E-state index in [4.69, 9.17) is 0 Å². The second kappa shape index (κ2) is 9.06. The number of aliphatic hydroxyl groups excluding tert-OH is 1. The van der Waals surface area contributed by atoms with Gasteiger partial charge in [-0.05, 0) is 24.1 Å². The number of nitrogens with one attached hydrogen (secondary N) is 2. The lowest BCUT2D eigenvalue weighted by Gasteiger charge is -2.13. The van der Waals surface area contributed by atoms with Crippen LogP contribution in [0.3, 0.4) is 0 Å². The molecule has 1 unspecified atom stereocenters. The number of rotatable bonds is 8. The summed E-state index contributed by atoms with van der Waals surface area (Å²) >= 11 is 0. The van der Waals surface area contributed by atoms with Crippen LogP contribution in [0.1, 0.15) is 18.1 Å². The topological polar surface area (TPSA) is 70.6 Å². The maximum atomic E-state index is 12.0. The molecule has 21 heavy (non-hydrogen) atoms. The minimum atomic E-state index is -2.91. The van der Waals surface area contributed by atoms with Gasteiger partial charge in [-0.2, -0.15) is 8.78 Å². The molecule has 0 fully saturated rings. The van der Waals surface area contributed by atoms with Crippen molar-refractivity contribution in [1.29, 1.82) is 0 Å². The Hall–Kier alpha value is -1.96. The van der Waals surface area contributed by atoms with Crippen LogP contribution in [-0.4, -0.2) is 37.5 Å². The number of urea groups is 1. The van der Waals surface area contributed by atoms with Gasteiger partial charge in [0, 0.05) is 13.1 Å². The molecule has 2 amide bonds. The highest BCUT2D eigenvalue weighted by atomic mass is 19.3. The zero-order chi connectivity index (χ0) is 15.7. The predicted molar refractivity (Wildman–Crippen MR) is 70.0 cm³/mol. The lowest BCUT2D eigenvalue weighted by atomic mass is 10.1. The Morgan fingerprint density at radius 3 is 2.48 bits per heavy atom. The zero-order valence-electron chi connectivity index (χ0n) is 11.2. The summed E-state index contributed by atoms with van der Waals surface area (Å²) in [5, 5.41) is 14.7. The number of carbonyl (C=O) groups excluding carboxylic acids is 1. The fourth-order valence-electron chi connectivity index (χ4n) is 1.51. The van der Waals surface area contributed by atoms with Gasteiger partial charge in [0.15, 0.2) is 0 Å². The average Bonchev–Trinajstić information content (AvgIpc) is 2.45. The van der Waals surface area contributed by atoms with Gasteiger partial charge in [-0.1, -0.05) is 12.1 Å².